The third-order valence-electron chi connectivity index (χ3n) is 9.07. The summed E-state index contributed by atoms with van der Waals surface area (Å²) < 4.78 is 12.0. The van der Waals surface area contributed by atoms with Crippen LogP contribution in [0.3, 0.4) is 0 Å². The zero-order valence-electron chi connectivity index (χ0n) is 18.5. The lowest BCUT2D eigenvalue weighted by Gasteiger charge is -2.46. The summed E-state index contributed by atoms with van der Waals surface area (Å²) in [5, 5.41) is 0. The van der Waals surface area contributed by atoms with E-state index in [1.165, 1.54) is 25.7 Å². The summed E-state index contributed by atoms with van der Waals surface area (Å²) in [7, 11) is 0. The fraction of sp³-hybridized carbons (Fsp3) is 0.917. The Balaban J connectivity index is 1.48. The van der Waals surface area contributed by atoms with Gasteiger partial charge >= 0.3 is 11.9 Å². The van der Waals surface area contributed by atoms with Crippen molar-refractivity contribution in [3.05, 3.63) is 0 Å². The maximum atomic E-state index is 13.2. The molecule has 4 bridgehead atoms. The minimum absolute atomic E-state index is 0.330. The van der Waals surface area contributed by atoms with E-state index >= 15 is 0 Å². The predicted octanol–water partition coefficient (Wildman–Crippen LogP) is 5.14. The van der Waals surface area contributed by atoms with Crippen LogP contribution in [0.25, 0.3) is 0 Å². The van der Waals surface area contributed by atoms with Crippen LogP contribution >= 0.6 is 0 Å². The summed E-state index contributed by atoms with van der Waals surface area (Å²) in [5.41, 5.74) is -2.19. The smallest absolute Gasteiger partial charge is 0.350 e. The van der Waals surface area contributed by atoms with Gasteiger partial charge in [0.1, 0.15) is 5.60 Å². The van der Waals surface area contributed by atoms with Crippen molar-refractivity contribution < 1.29 is 19.1 Å². The van der Waals surface area contributed by atoms with Gasteiger partial charge in [0, 0.05) is 5.92 Å². The van der Waals surface area contributed by atoms with E-state index in [-0.39, 0.29) is 17.5 Å². The van der Waals surface area contributed by atoms with E-state index in [4.69, 9.17) is 9.47 Å². The Hall–Kier alpha value is -1.06. The third kappa shape index (κ3) is 2.84. The lowest BCUT2D eigenvalue weighted by Crippen LogP contribution is -2.51. The van der Waals surface area contributed by atoms with Crippen molar-refractivity contribution in [2.75, 3.05) is 0 Å². The Morgan fingerprint density at radius 1 is 0.929 bits per heavy atom. The zero-order valence-corrected chi connectivity index (χ0v) is 18.5. The molecule has 0 saturated heterocycles. The van der Waals surface area contributed by atoms with E-state index in [0.29, 0.717) is 12.3 Å². The van der Waals surface area contributed by atoms with Crippen molar-refractivity contribution in [3.63, 3.8) is 0 Å². The van der Waals surface area contributed by atoms with Gasteiger partial charge in [0.2, 0.25) is 5.60 Å². The van der Waals surface area contributed by atoms with Gasteiger partial charge in [-0.15, -0.1) is 0 Å². The standard InChI is InChI=1S/C24H38O4/c1-7-22(3,4)20(25)27-23(5,6)21(26)28-24(8-2)13-16-12-17(24)19-15-10-9-14(11-15)18(16)19/h14-19H,7-13H2,1-6H3. The number of rotatable bonds is 6. The summed E-state index contributed by atoms with van der Waals surface area (Å²) >= 11 is 0. The Bertz CT molecular complexity index is 666. The predicted molar refractivity (Wildman–Crippen MR) is 107 cm³/mol. The second-order valence-electron chi connectivity index (χ2n) is 11.2. The van der Waals surface area contributed by atoms with Crippen LogP contribution < -0.4 is 0 Å². The van der Waals surface area contributed by atoms with Crippen LogP contribution in [0.1, 0.15) is 86.5 Å². The van der Waals surface area contributed by atoms with E-state index in [1.807, 2.05) is 20.8 Å². The normalized spacial score (nSPS) is 41.2. The van der Waals surface area contributed by atoms with Gasteiger partial charge in [0.15, 0.2) is 0 Å². The average molecular weight is 391 g/mol. The molecule has 4 rings (SSSR count). The van der Waals surface area contributed by atoms with Crippen molar-refractivity contribution in [1.29, 1.82) is 0 Å². The highest BCUT2D eigenvalue weighted by Crippen LogP contribution is 2.70. The van der Waals surface area contributed by atoms with Crippen LogP contribution in [0, 0.1) is 40.9 Å². The molecule has 4 saturated carbocycles. The first-order chi connectivity index (χ1) is 13.0. The molecule has 0 aliphatic heterocycles. The summed E-state index contributed by atoms with van der Waals surface area (Å²) in [4.78, 5) is 25.7. The zero-order chi connectivity index (χ0) is 20.5. The van der Waals surface area contributed by atoms with E-state index in [9.17, 15) is 9.59 Å². The molecule has 0 radical (unpaired) electrons. The van der Waals surface area contributed by atoms with Crippen molar-refractivity contribution in [1.82, 2.24) is 0 Å². The number of ether oxygens (including phenoxy) is 2. The van der Waals surface area contributed by atoms with Crippen molar-refractivity contribution in [2.45, 2.75) is 97.7 Å². The topological polar surface area (TPSA) is 52.6 Å². The summed E-state index contributed by atoms with van der Waals surface area (Å²) in [5.74, 6) is 3.96. The summed E-state index contributed by atoms with van der Waals surface area (Å²) in [6.45, 7) is 11.2. The molecule has 4 heteroatoms. The first-order valence-electron chi connectivity index (χ1n) is 11.5. The van der Waals surface area contributed by atoms with Crippen LogP contribution in [0.2, 0.25) is 0 Å². The van der Waals surface area contributed by atoms with E-state index in [1.54, 1.807) is 13.8 Å². The molecule has 4 aliphatic rings. The lowest BCUT2D eigenvalue weighted by molar-refractivity contribution is -0.201. The van der Waals surface area contributed by atoms with Crippen molar-refractivity contribution in [2.24, 2.45) is 40.9 Å². The summed E-state index contributed by atoms with van der Waals surface area (Å²) in [6, 6.07) is 0. The number of hydrogen-bond acceptors (Lipinski definition) is 4. The van der Waals surface area contributed by atoms with Gasteiger partial charge in [-0.1, -0.05) is 13.8 Å². The van der Waals surface area contributed by atoms with E-state index < -0.39 is 11.0 Å². The molecular weight excluding hydrogens is 352 g/mol. The minimum Gasteiger partial charge on any atom is -0.456 e. The lowest BCUT2D eigenvalue weighted by atomic mass is 9.65. The Morgan fingerprint density at radius 3 is 2.18 bits per heavy atom. The first-order valence-corrected chi connectivity index (χ1v) is 11.5. The molecule has 0 aromatic rings. The quantitative estimate of drug-likeness (QED) is 0.465. The minimum atomic E-state index is -1.25. The highest BCUT2D eigenvalue weighted by atomic mass is 16.6. The van der Waals surface area contributed by atoms with E-state index in [2.05, 4.69) is 6.92 Å². The number of carbonyl (C=O) groups is 2. The van der Waals surface area contributed by atoms with Crippen molar-refractivity contribution >= 4 is 11.9 Å². The van der Waals surface area contributed by atoms with Crippen LogP contribution in [0.15, 0.2) is 0 Å². The fourth-order valence-corrected chi connectivity index (χ4v) is 7.16. The van der Waals surface area contributed by atoms with Gasteiger partial charge in [-0.25, -0.2) is 4.79 Å². The summed E-state index contributed by atoms with van der Waals surface area (Å²) in [6.07, 6.45) is 7.98. The first kappa shape index (κ1) is 20.2. The number of hydrogen-bond donors (Lipinski definition) is 0. The van der Waals surface area contributed by atoms with Crippen molar-refractivity contribution in [3.8, 4) is 0 Å². The van der Waals surface area contributed by atoms with Crippen LogP contribution in [0.5, 0.6) is 0 Å². The highest BCUT2D eigenvalue weighted by molar-refractivity contribution is 5.84. The number of carbonyl (C=O) groups excluding carboxylic acids is 2. The second kappa shape index (κ2) is 6.47. The van der Waals surface area contributed by atoms with Gasteiger partial charge in [-0.05, 0) is 102 Å². The molecule has 0 aromatic carbocycles. The third-order valence-corrected chi connectivity index (χ3v) is 9.07. The maximum Gasteiger partial charge on any atom is 0.350 e. The molecule has 4 aliphatic carbocycles. The van der Waals surface area contributed by atoms with Gasteiger partial charge in [0.25, 0.3) is 0 Å². The Labute approximate surface area is 170 Å². The molecule has 0 amide bonds. The Kier molecular flexibility index (Phi) is 4.67. The van der Waals surface area contributed by atoms with Gasteiger partial charge in [-0.2, -0.15) is 0 Å². The van der Waals surface area contributed by atoms with E-state index in [0.717, 1.165) is 42.4 Å². The molecular formula is C24H38O4. The van der Waals surface area contributed by atoms with Gasteiger partial charge in [-0.3, -0.25) is 4.79 Å². The van der Waals surface area contributed by atoms with Crippen LogP contribution in [0.4, 0.5) is 0 Å². The largest absolute Gasteiger partial charge is 0.456 e. The van der Waals surface area contributed by atoms with Gasteiger partial charge in [0.05, 0.1) is 5.41 Å². The SMILES string of the molecule is CCC(C)(C)C(=O)OC(C)(C)C(=O)OC1(CC)CC2CC1C1C3CCC(C3)C21. The van der Waals surface area contributed by atoms with Crippen LogP contribution in [-0.2, 0) is 19.1 Å². The number of fused-ring (bicyclic) bond motifs is 9. The number of esters is 2. The highest BCUT2D eigenvalue weighted by Gasteiger charge is 2.68. The second-order valence-corrected chi connectivity index (χ2v) is 11.2. The molecule has 158 valence electrons. The molecule has 28 heavy (non-hydrogen) atoms. The molecule has 0 heterocycles. The molecule has 4 fully saturated rings. The van der Waals surface area contributed by atoms with Crippen LogP contribution in [-0.4, -0.2) is 23.1 Å². The molecule has 0 N–H and O–H groups in total. The molecule has 4 nitrogen and oxygen atoms in total. The monoisotopic (exact) mass is 390 g/mol. The maximum absolute atomic E-state index is 13.2. The molecule has 7 atom stereocenters. The van der Waals surface area contributed by atoms with Gasteiger partial charge < -0.3 is 9.47 Å². The average Bonchev–Trinajstić information content (AvgIpc) is 3.39. The Morgan fingerprint density at radius 2 is 1.57 bits per heavy atom. The molecule has 0 spiro atoms. The fourth-order valence-electron chi connectivity index (χ4n) is 7.16. The molecule has 7 unspecified atom stereocenters. The molecule has 0 aromatic heterocycles.